The van der Waals surface area contributed by atoms with Gasteiger partial charge in [0.15, 0.2) is 16.6 Å². The Balaban J connectivity index is 1.54. The summed E-state index contributed by atoms with van der Waals surface area (Å²) < 4.78 is 25.8. The molecule has 1 amide bonds. The van der Waals surface area contributed by atoms with Crippen molar-refractivity contribution < 1.29 is 28.6 Å². The lowest BCUT2D eigenvalue weighted by molar-refractivity contribution is -0.132. The van der Waals surface area contributed by atoms with E-state index in [0.29, 0.717) is 46.5 Å². The van der Waals surface area contributed by atoms with Gasteiger partial charge in [-0.25, -0.2) is 9.37 Å². The van der Waals surface area contributed by atoms with Gasteiger partial charge in [0.2, 0.25) is 0 Å². The summed E-state index contributed by atoms with van der Waals surface area (Å²) in [5, 5.41) is 11.6. The van der Waals surface area contributed by atoms with E-state index in [9.17, 15) is 19.1 Å². The van der Waals surface area contributed by atoms with Gasteiger partial charge in [0.05, 0.1) is 21.8 Å². The Labute approximate surface area is 209 Å². The van der Waals surface area contributed by atoms with Crippen molar-refractivity contribution in [3.8, 4) is 11.5 Å². The van der Waals surface area contributed by atoms with Crippen LogP contribution in [0, 0.1) is 12.7 Å². The zero-order valence-corrected chi connectivity index (χ0v) is 19.8. The number of ketones is 1. The topological polar surface area (TPSA) is 89.0 Å². The van der Waals surface area contributed by atoms with Crippen LogP contribution in [0.5, 0.6) is 11.5 Å². The van der Waals surface area contributed by atoms with Crippen LogP contribution in [0.4, 0.5) is 9.52 Å². The Morgan fingerprint density at radius 1 is 1.03 bits per heavy atom. The molecule has 2 aliphatic heterocycles. The molecule has 7 nitrogen and oxygen atoms in total. The quantitative estimate of drug-likeness (QED) is 0.237. The number of aromatic nitrogens is 1. The Morgan fingerprint density at radius 2 is 1.78 bits per heavy atom. The monoisotopic (exact) mass is 502 g/mol. The molecule has 1 fully saturated rings. The molecule has 36 heavy (non-hydrogen) atoms. The SMILES string of the molecule is Cc1ccc2nc(N3C(=O)C(=O)C(=C(O)c4ccc5c(c4)OCCO5)C3c3ccc(F)cc3)sc2c1. The second kappa shape index (κ2) is 8.46. The number of aliphatic hydroxyl groups excluding tert-OH is 1. The van der Waals surface area contributed by atoms with Gasteiger partial charge in [-0.15, -0.1) is 0 Å². The maximum atomic E-state index is 13.8. The van der Waals surface area contributed by atoms with E-state index in [2.05, 4.69) is 4.98 Å². The third-order valence-electron chi connectivity index (χ3n) is 6.18. The Kier molecular flexibility index (Phi) is 5.22. The van der Waals surface area contributed by atoms with Gasteiger partial charge in [0.1, 0.15) is 24.8 Å². The van der Waals surface area contributed by atoms with Crippen LogP contribution in [0.2, 0.25) is 0 Å². The number of halogens is 1. The molecule has 180 valence electrons. The molecule has 0 saturated carbocycles. The Morgan fingerprint density at radius 3 is 2.56 bits per heavy atom. The molecule has 3 heterocycles. The van der Waals surface area contributed by atoms with Crippen LogP contribution in [0.3, 0.4) is 0 Å². The lowest BCUT2D eigenvalue weighted by Gasteiger charge is -2.23. The number of benzene rings is 3. The van der Waals surface area contributed by atoms with E-state index in [1.54, 1.807) is 18.2 Å². The molecule has 3 aromatic carbocycles. The van der Waals surface area contributed by atoms with Crippen LogP contribution in [0.25, 0.3) is 16.0 Å². The van der Waals surface area contributed by atoms with Crippen molar-refractivity contribution in [2.75, 3.05) is 18.1 Å². The number of anilines is 1. The van der Waals surface area contributed by atoms with Crippen LogP contribution < -0.4 is 14.4 Å². The van der Waals surface area contributed by atoms with Gasteiger partial charge >= 0.3 is 5.91 Å². The van der Waals surface area contributed by atoms with Crippen molar-refractivity contribution in [2.24, 2.45) is 0 Å². The fourth-order valence-electron chi connectivity index (χ4n) is 4.46. The van der Waals surface area contributed by atoms with Crippen molar-refractivity contribution in [1.29, 1.82) is 0 Å². The average molecular weight is 503 g/mol. The molecule has 1 aromatic heterocycles. The zero-order chi connectivity index (χ0) is 25.0. The van der Waals surface area contributed by atoms with E-state index >= 15 is 0 Å². The molecule has 0 spiro atoms. The van der Waals surface area contributed by atoms with Gasteiger partial charge in [0, 0.05) is 5.56 Å². The van der Waals surface area contributed by atoms with Gasteiger partial charge in [-0.2, -0.15) is 0 Å². The number of Topliss-reactive ketones (excluding diaryl/α,β-unsaturated/α-hetero) is 1. The van der Waals surface area contributed by atoms with Gasteiger partial charge in [-0.3, -0.25) is 14.5 Å². The second-order valence-electron chi connectivity index (χ2n) is 8.55. The summed E-state index contributed by atoms with van der Waals surface area (Å²) in [4.78, 5) is 32.6. The fraction of sp³-hybridized carbons (Fsp3) is 0.148. The van der Waals surface area contributed by atoms with Gasteiger partial charge in [-0.05, 0) is 60.5 Å². The molecule has 0 bridgehead atoms. The second-order valence-corrected chi connectivity index (χ2v) is 9.56. The predicted octanol–water partition coefficient (Wildman–Crippen LogP) is 5.14. The number of aliphatic hydroxyl groups is 1. The largest absolute Gasteiger partial charge is 0.507 e. The van der Waals surface area contributed by atoms with E-state index in [4.69, 9.17) is 9.47 Å². The lowest BCUT2D eigenvalue weighted by atomic mass is 9.95. The van der Waals surface area contributed by atoms with E-state index in [1.165, 1.54) is 40.5 Å². The fourth-order valence-corrected chi connectivity index (χ4v) is 5.55. The number of fused-ring (bicyclic) bond motifs is 2. The number of nitrogens with zero attached hydrogens (tertiary/aromatic N) is 2. The van der Waals surface area contributed by atoms with Crippen LogP contribution in [0.15, 0.2) is 66.2 Å². The number of hydrogen-bond donors (Lipinski definition) is 1. The molecule has 0 aliphatic carbocycles. The summed E-state index contributed by atoms with van der Waals surface area (Å²) in [5.74, 6) is -1.54. The minimum atomic E-state index is -1.000. The van der Waals surface area contributed by atoms with Gasteiger partial charge in [-0.1, -0.05) is 29.5 Å². The summed E-state index contributed by atoms with van der Waals surface area (Å²) >= 11 is 1.27. The first kappa shape index (κ1) is 22.2. The predicted molar refractivity (Wildman–Crippen MR) is 133 cm³/mol. The molecule has 4 aromatic rings. The number of hydrogen-bond acceptors (Lipinski definition) is 7. The molecule has 1 saturated heterocycles. The average Bonchev–Trinajstić information content (AvgIpc) is 3.41. The summed E-state index contributed by atoms with van der Waals surface area (Å²) in [6.07, 6.45) is 0. The molecule has 1 atom stereocenters. The molecule has 6 rings (SSSR count). The number of thiazole rings is 1. The number of carbonyl (C=O) groups is 2. The lowest BCUT2D eigenvalue weighted by Crippen LogP contribution is -2.29. The van der Waals surface area contributed by atoms with Gasteiger partial charge < -0.3 is 14.6 Å². The van der Waals surface area contributed by atoms with Crippen molar-refractivity contribution in [3.05, 3.63) is 88.7 Å². The van der Waals surface area contributed by atoms with Crippen LogP contribution in [-0.2, 0) is 9.59 Å². The Hall–Kier alpha value is -4.24. The van der Waals surface area contributed by atoms with Crippen molar-refractivity contribution in [1.82, 2.24) is 4.98 Å². The number of aryl methyl sites for hydroxylation is 1. The van der Waals surface area contributed by atoms with E-state index in [-0.39, 0.29) is 11.3 Å². The highest BCUT2D eigenvalue weighted by molar-refractivity contribution is 7.22. The van der Waals surface area contributed by atoms with E-state index in [1.807, 2.05) is 25.1 Å². The molecular formula is C27H19FN2O5S. The smallest absolute Gasteiger partial charge is 0.301 e. The minimum absolute atomic E-state index is 0.112. The third kappa shape index (κ3) is 3.59. The van der Waals surface area contributed by atoms with Gasteiger partial charge in [0.25, 0.3) is 5.78 Å². The standard InChI is InChI=1S/C27H19FN2O5S/c1-14-2-8-18-21(12-14)36-27(29-18)30-23(15-3-6-17(28)7-4-15)22(25(32)26(30)33)24(31)16-5-9-19-20(13-16)35-11-10-34-19/h2-9,12-13,23,31H,10-11H2,1H3. The Bertz CT molecular complexity index is 1580. The highest BCUT2D eigenvalue weighted by Gasteiger charge is 2.48. The van der Waals surface area contributed by atoms with Crippen molar-refractivity contribution in [2.45, 2.75) is 13.0 Å². The maximum Gasteiger partial charge on any atom is 0.301 e. The van der Waals surface area contributed by atoms with Crippen LogP contribution >= 0.6 is 11.3 Å². The van der Waals surface area contributed by atoms with Crippen molar-refractivity contribution in [3.63, 3.8) is 0 Å². The van der Waals surface area contributed by atoms with Crippen LogP contribution in [0.1, 0.15) is 22.7 Å². The highest BCUT2D eigenvalue weighted by atomic mass is 32.1. The third-order valence-corrected chi connectivity index (χ3v) is 7.20. The molecule has 1 N–H and O–H groups in total. The highest BCUT2D eigenvalue weighted by Crippen LogP contribution is 2.45. The number of rotatable bonds is 3. The summed E-state index contributed by atoms with van der Waals surface area (Å²) in [7, 11) is 0. The summed E-state index contributed by atoms with van der Waals surface area (Å²) in [6, 6.07) is 15.0. The molecule has 0 radical (unpaired) electrons. The first-order valence-corrected chi connectivity index (χ1v) is 12.1. The number of amides is 1. The normalized spacial score (nSPS) is 18.7. The van der Waals surface area contributed by atoms with Crippen molar-refractivity contribution >= 4 is 44.1 Å². The first-order valence-electron chi connectivity index (χ1n) is 11.2. The van der Waals surface area contributed by atoms with Crippen LogP contribution in [-0.4, -0.2) is 35.0 Å². The molecule has 9 heteroatoms. The van der Waals surface area contributed by atoms with E-state index in [0.717, 1.165) is 10.3 Å². The number of ether oxygens (including phenoxy) is 2. The summed E-state index contributed by atoms with van der Waals surface area (Å²) in [5.41, 5.74) is 2.37. The van der Waals surface area contributed by atoms with E-state index < -0.39 is 23.5 Å². The summed E-state index contributed by atoms with van der Waals surface area (Å²) in [6.45, 7) is 2.72. The maximum absolute atomic E-state index is 13.8. The first-order chi connectivity index (χ1) is 17.4. The molecule has 1 unspecified atom stereocenters. The minimum Gasteiger partial charge on any atom is -0.507 e. The molecular weight excluding hydrogens is 483 g/mol. The number of carbonyl (C=O) groups excluding carboxylic acids is 2. The molecule has 2 aliphatic rings. The zero-order valence-electron chi connectivity index (χ0n) is 19.0.